The van der Waals surface area contributed by atoms with Gasteiger partial charge in [0.15, 0.2) is 0 Å². The Morgan fingerprint density at radius 3 is 2.70 bits per heavy atom. The number of nitrogens with one attached hydrogen (secondary N) is 1. The molecule has 27 heavy (non-hydrogen) atoms. The van der Waals surface area contributed by atoms with Crippen LogP contribution in [0.15, 0.2) is 35.8 Å². The monoisotopic (exact) mass is 384 g/mol. The second kappa shape index (κ2) is 7.58. The number of likely N-dealkylation sites (N-methyl/N-ethyl adjacent to an activating group) is 1. The molecule has 0 radical (unpaired) electrons. The molecule has 0 unspecified atom stereocenters. The Morgan fingerprint density at radius 2 is 2.04 bits per heavy atom. The number of nitrogens with two attached hydrogens (primary N) is 2. The third kappa shape index (κ3) is 3.82. The minimum absolute atomic E-state index is 0.253. The molecule has 8 nitrogen and oxygen atoms in total. The second-order valence-electron chi connectivity index (χ2n) is 6.03. The van der Waals surface area contributed by atoms with E-state index in [1.54, 1.807) is 29.6 Å². The molecule has 2 amide bonds. The number of hydrogen-bond donors (Lipinski definition) is 3. The standard InChI is InChI=1S/C18H20N6O2S/c1-3-13(17(20)26)24(2)15-7-5-11(16(19)25)18(23-15)22-10-4-6-12-14(8-10)27-9-21-12/h4-9,13H,3H2,1-2H3,(H2,19,25)(H2,20,26)(H,22,23)/t13-/m1/s1. The lowest BCUT2D eigenvalue weighted by Crippen LogP contribution is -2.42. The lowest BCUT2D eigenvalue weighted by atomic mass is 10.1. The third-order valence-electron chi connectivity index (χ3n) is 4.28. The molecule has 0 spiro atoms. The van der Waals surface area contributed by atoms with E-state index in [1.807, 2.05) is 25.1 Å². The molecular weight excluding hydrogens is 364 g/mol. The summed E-state index contributed by atoms with van der Waals surface area (Å²) in [7, 11) is 1.73. The van der Waals surface area contributed by atoms with E-state index in [4.69, 9.17) is 11.5 Å². The van der Waals surface area contributed by atoms with Gasteiger partial charge in [0.1, 0.15) is 17.7 Å². The third-order valence-corrected chi connectivity index (χ3v) is 5.08. The molecule has 0 bridgehead atoms. The second-order valence-corrected chi connectivity index (χ2v) is 6.91. The summed E-state index contributed by atoms with van der Waals surface area (Å²) in [5.41, 5.74) is 14.6. The molecule has 3 aromatic rings. The number of rotatable bonds is 7. The minimum Gasteiger partial charge on any atom is -0.368 e. The highest BCUT2D eigenvalue weighted by Crippen LogP contribution is 2.27. The molecule has 140 valence electrons. The lowest BCUT2D eigenvalue weighted by molar-refractivity contribution is -0.119. The van der Waals surface area contributed by atoms with E-state index >= 15 is 0 Å². The van der Waals surface area contributed by atoms with Gasteiger partial charge < -0.3 is 21.7 Å². The molecule has 0 aliphatic heterocycles. The van der Waals surface area contributed by atoms with Crippen molar-refractivity contribution in [1.29, 1.82) is 0 Å². The van der Waals surface area contributed by atoms with Gasteiger partial charge in [-0.3, -0.25) is 9.59 Å². The Bertz CT molecular complexity index is 1000. The fourth-order valence-corrected chi connectivity index (χ4v) is 3.55. The van der Waals surface area contributed by atoms with Crippen LogP contribution < -0.4 is 21.7 Å². The van der Waals surface area contributed by atoms with Gasteiger partial charge in [0.2, 0.25) is 5.91 Å². The van der Waals surface area contributed by atoms with E-state index in [1.165, 1.54) is 11.3 Å². The van der Waals surface area contributed by atoms with Crippen molar-refractivity contribution >= 4 is 50.7 Å². The van der Waals surface area contributed by atoms with Gasteiger partial charge in [0.05, 0.1) is 21.3 Å². The van der Waals surface area contributed by atoms with Crippen LogP contribution in [0.5, 0.6) is 0 Å². The molecule has 0 saturated carbocycles. The van der Waals surface area contributed by atoms with Crippen molar-refractivity contribution in [3.05, 3.63) is 41.4 Å². The molecule has 0 saturated heterocycles. The predicted molar refractivity (Wildman–Crippen MR) is 107 cm³/mol. The number of thiazole rings is 1. The van der Waals surface area contributed by atoms with E-state index in [0.717, 1.165) is 15.9 Å². The molecule has 1 atom stereocenters. The van der Waals surface area contributed by atoms with E-state index in [0.29, 0.717) is 18.1 Å². The number of amides is 2. The number of aromatic nitrogens is 2. The maximum Gasteiger partial charge on any atom is 0.252 e. The van der Waals surface area contributed by atoms with Crippen LogP contribution in [0.25, 0.3) is 10.2 Å². The molecule has 0 aliphatic rings. The Hall–Kier alpha value is -3.20. The smallest absolute Gasteiger partial charge is 0.252 e. The number of primary amides is 2. The van der Waals surface area contributed by atoms with Crippen molar-refractivity contribution in [3.63, 3.8) is 0 Å². The number of nitrogens with zero attached hydrogens (tertiary/aromatic N) is 3. The zero-order valence-electron chi connectivity index (χ0n) is 15.0. The van der Waals surface area contributed by atoms with Gasteiger partial charge in [-0.1, -0.05) is 6.92 Å². The maximum absolute atomic E-state index is 11.8. The van der Waals surface area contributed by atoms with Gasteiger partial charge in [-0.15, -0.1) is 11.3 Å². The summed E-state index contributed by atoms with van der Waals surface area (Å²) < 4.78 is 1.01. The van der Waals surface area contributed by atoms with Crippen LogP contribution in [0, 0.1) is 0 Å². The van der Waals surface area contributed by atoms with Gasteiger partial charge in [0.25, 0.3) is 5.91 Å². The fraction of sp³-hybridized carbons (Fsp3) is 0.222. The van der Waals surface area contributed by atoms with E-state index in [-0.39, 0.29) is 5.56 Å². The summed E-state index contributed by atoms with van der Waals surface area (Å²) in [6, 6.07) is 8.38. The average Bonchev–Trinajstić information content (AvgIpc) is 3.09. The van der Waals surface area contributed by atoms with Crippen molar-refractivity contribution in [2.45, 2.75) is 19.4 Å². The quantitative estimate of drug-likeness (QED) is 0.573. The summed E-state index contributed by atoms with van der Waals surface area (Å²) in [5, 5.41) is 3.14. The minimum atomic E-state index is -0.597. The SMILES string of the molecule is CC[C@H](C(N)=O)N(C)c1ccc(C(N)=O)c(Nc2ccc3ncsc3c2)n1. The lowest BCUT2D eigenvalue weighted by Gasteiger charge is -2.26. The maximum atomic E-state index is 11.8. The number of carbonyl (C=O) groups excluding carboxylic acids is 2. The zero-order chi connectivity index (χ0) is 19.6. The number of benzene rings is 1. The topological polar surface area (TPSA) is 127 Å². The Morgan fingerprint density at radius 1 is 1.26 bits per heavy atom. The molecule has 1 aromatic carbocycles. The summed E-state index contributed by atoms with van der Waals surface area (Å²) in [5.74, 6) is -0.215. The van der Waals surface area contributed by atoms with Crippen LogP contribution in [0.4, 0.5) is 17.3 Å². The highest BCUT2D eigenvalue weighted by molar-refractivity contribution is 7.16. The number of pyridine rings is 1. The van der Waals surface area contributed by atoms with Crippen molar-refractivity contribution in [2.75, 3.05) is 17.3 Å². The van der Waals surface area contributed by atoms with Crippen LogP contribution in [0.3, 0.4) is 0 Å². The van der Waals surface area contributed by atoms with E-state index < -0.39 is 17.9 Å². The predicted octanol–water partition coefficient (Wildman–Crippen LogP) is 2.23. The van der Waals surface area contributed by atoms with Crippen LogP contribution >= 0.6 is 11.3 Å². The Kier molecular flexibility index (Phi) is 5.22. The van der Waals surface area contributed by atoms with Gasteiger partial charge in [-0.05, 0) is 36.8 Å². The van der Waals surface area contributed by atoms with Crippen LogP contribution in [-0.2, 0) is 4.79 Å². The zero-order valence-corrected chi connectivity index (χ0v) is 15.8. The summed E-state index contributed by atoms with van der Waals surface area (Å²) in [6.45, 7) is 1.87. The summed E-state index contributed by atoms with van der Waals surface area (Å²) in [4.78, 5) is 33.9. The number of fused-ring (bicyclic) bond motifs is 1. The van der Waals surface area contributed by atoms with E-state index in [2.05, 4.69) is 15.3 Å². The van der Waals surface area contributed by atoms with Gasteiger partial charge >= 0.3 is 0 Å². The van der Waals surface area contributed by atoms with E-state index in [9.17, 15) is 9.59 Å². The molecule has 2 heterocycles. The Balaban J connectivity index is 1.98. The molecule has 2 aromatic heterocycles. The van der Waals surface area contributed by atoms with Crippen LogP contribution in [0.1, 0.15) is 23.7 Å². The number of carbonyl (C=O) groups is 2. The van der Waals surface area contributed by atoms with Crippen molar-refractivity contribution < 1.29 is 9.59 Å². The summed E-state index contributed by atoms with van der Waals surface area (Å²) >= 11 is 1.52. The molecule has 0 fully saturated rings. The average molecular weight is 384 g/mol. The van der Waals surface area contributed by atoms with Crippen molar-refractivity contribution in [3.8, 4) is 0 Å². The Labute approximate surface area is 160 Å². The van der Waals surface area contributed by atoms with Crippen LogP contribution in [-0.4, -0.2) is 34.9 Å². The van der Waals surface area contributed by atoms with Gasteiger partial charge in [-0.25, -0.2) is 9.97 Å². The van der Waals surface area contributed by atoms with Crippen molar-refractivity contribution in [1.82, 2.24) is 9.97 Å². The molecule has 9 heteroatoms. The first kappa shape index (κ1) is 18.6. The van der Waals surface area contributed by atoms with Crippen molar-refractivity contribution in [2.24, 2.45) is 11.5 Å². The molecular formula is C18H20N6O2S. The van der Waals surface area contributed by atoms with Gasteiger partial charge in [-0.2, -0.15) is 0 Å². The first-order valence-corrected chi connectivity index (χ1v) is 9.22. The van der Waals surface area contributed by atoms with Crippen LogP contribution in [0.2, 0.25) is 0 Å². The normalized spacial score (nSPS) is 11.9. The fourth-order valence-electron chi connectivity index (χ4n) is 2.83. The largest absolute Gasteiger partial charge is 0.368 e. The van der Waals surface area contributed by atoms with Gasteiger partial charge in [0, 0.05) is 12.7 Å². The number of anilines is 3. The molecule has 3 rings (SSSR count). The molecule has 0 aliphatic carbocycles. The highest BCUT2D eigenvalue weighted by atomic mass is 32.1. The highest BCUT2D eigenvalue weighted by Gasteiger charge is 2.21. The first-order chi connectivity index (χ1) is 12.9. The molecule has 5 N–H and O–H groups in total. The summed E-state index contributed by atoms with van der Waals surface area (Å²) in [6.07, 6.45) is 0.538. The number of hydrogen-bond acceptors (Lipinski definition) is 7. The first-order valence-electron chi connectivity index (χ1n) is 8.34.